The predicted octanol–water partition coefficient (Wildman–Crippen LogP) is 3.52. The summed E-state index contributed by atoms with van der Waals surface area (Å²) in [4.78, 5) is 0. The van der Waals surface area contributed by atoms with Crippen LogP contribution < -0.4 is 0 Å². The molecule has 0 aromatic carbocycles. The van der Waals surface area contributed by atoms with E-state index in [1.54, 1.807) is 0 Å². The maximum absolute atomic E-state index is 4.30. The van der Waals surface area contributed by atoms with E-state index < -0.39 is 0 Å². The number of thiol groups is 1. The van der Waals surface area contributed by atoms with E-state index in [2.05, 4.69) is 26.5 Å². The Morgan fingerprint density at radius 1 is 1.20 bits per heavy atom. The SMILES string of the molecule is CCCCCC(CC)CS. The molecule has 1 heteroatoms. The van der Waals surface area contributed by atoms with E-state index in [1.807, 2.05) is 0 Å². The molecule has 0 heterocycles. The van der Waals surface area contributed by atoms with Gasteiger partial charge in [0, 0.05) is 0 Å². The zero-order valence-electron chi connectivity index (χ0n) is 7.27. The van der Waals surface area contributed by atoms with Crippen LogP contribution >= 0.6 is 12.6 Å². The lowest BCUT2D eigenvalue weighted by atomic mass is 10.0. The van der Waals surface area contributed by atoms with Crippen LogP contribution in [0.2, 0.25) is 0 Å². The summed E-state index contributed by atoms with van der Waals surface area (Å²) in [6, 6.07) is 0. The van der Waals surface area contributed by atoms with Gasteiger partial charge in [-0.15, -0.1) is 0 Å². The fraction of sp³-hybridized carbons (Fsp3) is 1.00. The summed E-state index contributed by atoms with van der Waals surface area (Å²) in [6.45, 7) is 4.51. The van der Waals surface area contributed by atoms with E-state index >= 15 is 0 Å². The lowest BCUT2D eigenvalue weighted by Gasteiger charge is -2.09. The summed E-state index contributed by atoms with van der Waals surface area (Å²) in [5.74, 6) is 1.94. The summed E-state index contributed by atoms with van der Waals surface area (Å²) in [6.07, 6.45) is 6.81. The molecular weight excluding hydrogens is 140 g/mol. The van der Waals surface area contributed by atoms with Crippen molar-refractivity contribution >= 4 is 12.6 Å². The highest BCUT2D eigenvalue weighted by atomic mass is 32.1. The molecule has 0 nitrogen and oxygen atoms in total. The molecule has 62 valence electrons. The first kappa shape index (κ1) is 10.3. The van der Waals surface area contributed by atoms with Crippen molar-refractivity contribution in [2.75, 3.05) is 5.75 Å². The molecule has 1 atom stereocenters. The van der Waals surface area contributed by atoms with E-state index in [9.17, 15) is 0 Å². The summed E-state index contributed by atoms with van der Waals surface area (Å²) in [5.41, 5.74) is 0. The first-order valence-electron chi connectivity index (χ1n) is 4.46. The maximum atomic E-state index is 4.30. The second kappa shape index (κ2) is 7.46. The Morgan fingerprint density at radius 2 is 1.90 bits per heavy atom. The Hall–Kier alpha value is 0.350. The average molecular weight is 160 g/mol. The van der Waals surface area contributed by atoms with E-state index in [0.29, 0.717) is 0 Å². The standard InChI is InChI=1S/C9H20S/c1-3-5-6-7-9(4-2)8-10/h9-10H,3-8H2,1-2H3. The molecule has 0 saturated heterocycles. The minimum absolute atomic E-state index is 0.870. The van der Waals surface area contributed by atoms with E-state index in [1.165, 1.54) is 32.1 Å². The smallest absolute Gasteiger partial charge is 0.00696 e. The highest BCUT2D eigenvalue weighted by molar-refractivity contribution is 7.80. The molecule has 0 rings (SSSR count). The fourth-order valence-electron chi connectivity index (χ4n) is 1.11. The van der Waals surface area contributed by atoms with Gasteiger partial charge < -0.3 is 0 Å². The normalized spacial score (nSPS) is 13.5. The van der Waals surface area contributed by atoms with Crippen LogP contribution in [0.15, 0.2) is 0 Å². The van der Waals surface area contributed by atoms with Crippen LogP contribution in [0.5, 0.6) is 0 Å². The molecule has 0 spiro atoms. The molecule has 0 aliphatic carbocycles. The van der Waals surface area contributed by atoms with Gasteiger partial charge in [-0.1, -0.05) is 39.5 Å². The molecule has 0 amide bonds. The molecule has 0 radical (unpaired) electrons. The van der Waals surface area contributed by atoms with Crippen molar-refractivity contribution < 1.29 is 0 Å². The van der Waals surface area contributed by atoms with Crippen molar-refractivity contribution in [3.05, 3.63) is 0 Å². The van der Waals surface area contributed by atoms with Gasteiger partial charge in [0.25, 0.3) is 0 Å². The molecular formula is C9H20S. The van der Waals surface area contributed by atoms with Gasteiger partial charge in [-0.2, -0.15) is 12.6 Å². The Bertz CT molecular complexity index is 57.7. The molecule has 0 aromatic heterocycles. The van der Waals surface area contributed by atoms with Crippen LogP contribution in [0.1, 0.15) is 46.0 Å². The zero-order valence-corrected chi connectivity index (χ0v) is 8.16. The lowest BCUT2D eigenvalue weighted by Crippen LogP contribution is -1.99. The Labute approximate surface area is 70.8 Å². The molecule has 0 bridgehead atoms. The van der Waals surface area contributed by atoms with Crippen LogP contribution in [0.3, 0.4) is 0 Å². The number of hydrogen-bond donors (Lipinski definition) is 1. The topological polar surface area (TPSA) is 0 Å². The van der Waals surface area contributed by atoms with Gasteiger partial charge in [0.15, 0.2) is 0 Å². The zero-order chi connectivity index (χ0) is 7.82. The van der Waals surface area contributed by atoms with Crippen molar-refractivity contribution in [2.24, 2.45) is 5.92 Å². The monoisotopic (exact) mass is 160 g/mol. The Morgan fingerprint density at radius 3 is 2.30 bits per heavy atom. The Kier molecular flexibility index (Phi) is 7.72. The van der Waals surface area contributed by atoms with Gasteiger partial charge >= 0.3 is 0 Å². The molecule has 0 fully saturated rings. The number of unbranched alkanes of at least 4 members (excludes halogenated alkanes) is 2. The lowest BCUT2D eigenvalue weighted by molar-refractivity contribution is 0.490. The van der Waals surface area contributed by atoms with Crippen LogP contribution in [-0.2, 0) is 0 Å². The second-order valence-electron chi connectivity index (χ2n) is 2.95. The summed E-state index contributed by atoms with van der Waals surface area (Å²) >= 11 is 4.30. The maximum Gasteiger partial charge on any atom is -0.00696 e. The van der Waals surface area contributed by atoms with Crippen LogP contribution in [0, 0.1) is 5.92 Å². The van der Waals surface area contributed by atoms with E-state index in [4.69, 9.17) is 0 Å². The quantitative estimate of drug-likeness (QED) is 0.446. The minimum Gasteiger partial charge on any atom is -0.179 e. The third-order valence-corrected chi connectivity index (χ3v) is 2.57. The van der Waals surface area contributed by atoms with Crippen molar-refractivity contribution in [1.82, 2.24) is 0 Å². The molecule has 1 unspecified atom stereocenters. The fourth-order valence-corrected chi connectivity index (χ4v) is 1.55. The minimum atomic E-state index is 0.870. The first-order valence-corrected chi connectivity index (χ1v) is 5.09. The molecule has 0 aliphatic rings. The van der Waals surface area contributed by atoms with Crippen molar-refractivity contribution in [3.63, 3.8) is 0 Å². The molecule has 0 saturated carbocycles. The third kappa shape index (κ3) is 5.16. The average Bonchev–Trinajstić information content (AvgIpc) is 1.99. The van der Waals surface area contributed by atoms with Crippen LogP contribution in [0.25, 0.3) is 0 Å². The predicted molar refractivity (Wildman–Crippen MR) is 51.8 cm³/mol. The van der Waals surface area contributed by atoms with Crippen molar-refractivity contribution in [1.29, 1.82) is 0 Å². The van der Waals surface area contributed by atoms with Crippen LogP contribution in [0.4, 0.5) is 0 Å². The first-order chi connectivity index (χ1) is 4.85. The molecule has 0 aliphatic heterocycles. The van der Waals surface area contributed by atoms with E-state index in [-0.39, 0.29) is 0 Å². The molecule has 0 aromatic rings. The molecule has 10 heavy (non-hydrogen) atoms. The van der Waals surface area contributed by atoms with Gasteiger partial charge in [0.1, 0.15) is 0 Å². The van der Waals surface area contributed by atoms with Gasteiger partial charge in [-0.25, -0.2) is 0 Å². The van der Waals surface area contributed by atoms with Gasteiger partial charge in [-0.05, 0) is 18.1 Å². The number of hydrogen-bond acceptors (Lipinski definition) is 1. The largest absolute Gasteiger partial charge is 0.179 e. The van der Waals surface area contributed by atoms with Crippen molar-refractivity contribution in [2.45, 2.75) is 46.0 Å². The van der Waals surface area contributed by atoms with Gasteiger partial charge in [0.05, 0.1) is 0 Å². The summed E-state index contributed by atoms with van der Waals surface area (Å²) in [5, 5.41) is 0. The van der Waals surface area contributed by atoms with Gasteiger partial charge in [-0.3, -0.25) is 0 Å². The van der Waals surface area contributed by atoms with Crippen LogP contribution in [-0.4, -0.2) is 5.75 Å². The number of rotatable bonds is 6. The Balaban J connectivity index is 3.09. The summed E-state index contributed by atoms with van der Waals surface area (Å²) in [7, 11) is 0. The second-order valence-corrected chi connectivity index (χ2v) is 3.32. The molecule has 0 N–H and O–H groups in total. The van der Waals surface area contributed by atoms with E-state index in [0.717, 1.165) is 11.7 Å². The third-order valence-electron chi connectivity index (χ3n) is 2.05. The van der Waals surface area contributed by atoms with Gasteiger partial charge in [0.2, 0.25) is 0 Å². The van der Waals surface area contributed by atoms with Crippen molar-refractivity contribution in [3.8, 4) is 0 Å². The highest BCUT2D eigenvalue weighted by Gasteiger charge is 2.01. The summed E-state index contributed by atoms with van der Waals surface area (Å²) < 4.78 is 0. The highest BCUT2D eigenvalue weighted by Crippen LogP contribution is 2.14.